The van der Waals surface area contributed by atoms with Crippen molar-refractivity contribution in [3.05, 3.63) is 82.4 Å². The molecule has 0 amide bonds. The number of aromatic nitrogens is 1. The molecule has 0 aromatic carbocycles. The van der Waals surface area contributed by atoms with E-state index in [0.29, 0.717) is 12.0 Å². The molecule has 12 atom stereocenters. The summed E-state index contributed by atoms with van der Waals surface area (Å²) in [6, 6.07) is 2.71. The van der Waals surface area contributed by atoms with Crippen LogP contribution >= 0.6 is 0 Å². The van der Waals surface area contributed by atoms with Crippen LogP contribution in [0.5, 0.6) is 0 Å². The highest BCUT2D eigenvalue weighted by Gasteiger charge is 2.69. The van der Waals surface area contributed by atoms with E-state index in [1.807, 2.05) is 51.2 Å². The number of pyridine rings is 1. The number of rotatable bonds is 7. The third kappa shape index (κ3) is 5.93. The molecule has 6 rings (SSSR count). The first-order valence-electron chi connectivity index (χ1n) is 16.3. The monoisotopic (exact) mass is 649 g/mol. The van der Waals surface area contributed by atoms with Crippen molar-refractivity contribution in [1.82, 2.24) is 4.57 Å². The minimum Gasteiger partial charge on any atom is -0.457 e. The van der Waals surface area contributed by atoms with Gasteiger partial charge in [0.25, 0.3) is 0 Å². The van der Waals surface area contributed by atoms with E-state index < -0.39 is 72.0 Å². The quantitative estimate of drug-likeness (QED) is 0.266. The van der Waals surface area contributed by atoms with Gasteiger partial charge < -0.3 is 33.4 Å². The van der Waals surface area contributed by atoms with Crippen molar-refractivity contribution in [3.8, 4) is 0 Å². The van der Waals surface area contributed by atoms with Crippen LogP contribution in [0.15, 0.2) is 76.9 Å². The number of hydrogen-bond acceptors (Lipinski definition) is 10. The Morgan fingerprint density at radius 1 is 1.17 bits per heavy atom. The second-order valence-electron chi connectivity index (χ2n) is 13.5. The first-order chi connectivity index (χ1) is 22.4. The Bertz CT molecular complexity index is 1570. The SMILES string of the molecule is CO[C@H]1C[C@H]2C=C[C@H]3[C@H]4O[C@]2(/C(C)=C/[C@@H](C)[C@@H]([C@@H](C)OC(=O)Cn2ccc(=O)cc2)OC1=O)[C@@H]3[C@H](O)[C@@H](C)[C@H]4OC(=O)C1=CC=CC1. The Morgan fingerprint density at radius 2 is 1.91 bits per heavy atom. The maximum absolute atomic E-state index is 13.6. The second-order valence-corrected chi connectivity index (χ2v) is 13.5. The topological polar surface area (TPSA) is 140 Å². The molecule has 11 heteroatoms. The fourth-order valence-corrected chi connectivity index (χ4v) is 8.29. The second kappa shape index (κ2) is 13.0. The van der Waals surface area contributed by atoms with E-state index in [-0.39, 0.29) is 36.1 Å². The molecule has 2 fully saturated rings. The molecule has 1 aromatic heterocycles. The van der Waals surface area contributed by atoms with Crippen molar-refractivity contribution < 1.29 is 43.2 Å². The Labute approximate surface area is 273 Å². The van der Waals surface area contributed by atoms with E-state index in [4.69, 9.17) is 23.7 Å². The van der Waals surface area contributed by atoms with Gasteiger partial charge in [-0.2, -0.15) is 0 Å². The standard InChI is InChI=1S/C36H43NO10/c1-19-16-20(2)36-24(10-11-26-29(36)30(40)21(3)32(33(26)47-36)46-34(41)23-8-6-7-9-23)17-27(43-5)35(42)45-31(19)22(4)44-28(39)18-37-14-12-25(38)13-15-37/h6-8,10-16,19,21-22,24,26-27,29-33,40H,9,17-18H2,1-5H3/b20-16+/t19-,21-,22-,24-,26-,27+,29+,30-,31+,32-,33-,36+/m1/s1. The zero-order valence-electron chi connectivity index (χ0n) is 27.3. The lowest BCUT2D eigenvalue weighted by Crippen LogP contribution is -2.57. The predicted octanol–water partition coefficient (Wildman–Crippen LogP) is 3.06. The van der Waals surface area contributed by atoms with Crippen LogP contribution in [0.1, 0.15) is 40.5 Å². The van der Waals surface area contributed by atoms with Gasteiger partial charge in [-0.25, -0.2) is 9.59 Å². The van der Waals surface area contributed by atoms with Crippen LogP contribution < -0.4 is 5.43 Å². The average Bonchev–Trinajstić information content (AvgIpc) is 3.64. The third-order valence-corrected chi connectivity index (χ3v) is 10.6. The molecule has 1 aromatic rings. The molecule has 4 bridgehead atoms. The highest BCUT2D eigenvalue weighted by atomic mass is 16.6. The summed E-state index contributed by atoms with van der Waals surface area (Å²) in [7, 11) is 1.45. The lowest BCUT2D eigenvalue weighted by molar-refractivity contribution is -0.179. The molecule has 5 aliphatic rings. The molecule has 1 N–H and O–H groups in total. The van der Waals surface area contributed by atoms with Crippen molar-refractivity contribution in [2.24, 2.45) is 29.6 Å². The number of nitrogens with zero attached hydrogens (tertiary/aromatic N) is 1. The summed E-state index contributed by atoms with van der Waals surface area (Å²) in [5.74, 6) is -3.32. The Hall–Kier alpha value is -3.80. The Balaban J connectivity index is 1.31. The molecule has 1 spiro atoms. The van der Waals surface area contributed by atoms with Crippen molar-refractivity contribution in [2.75, 3.05) is 7.11 Å². The summed E-state index contributed by atoms with van der Waals surface area (Å²) in [5, 5.41) is 11.9. The summed E-state index contributed by atoms with van der Waals surface area (Å²) < 4.78 is 32.1. The van der Waals surface area contributed by atoms with Gasteiger partial charge >= 0.3 is 17.9 Å². The summed E-state index contributed by atoms with van der Waals surface area (Å²) in [4.78, 5) is 51.0. The first-order valence-corrected chi connectivity index (χ1v) is 16.3. The van der Waals surface area contributed by atoms with Gasteiger partial charge in [0.1, 0.15) is 36.6 Å². The zero-order chi connectivity index (χ0) is 33.6. The van der Waals surface area contributed by atoms with Crippen molar-refractivity contribution in [3.63, 3.8) is 0 Å². The first kappa shape index (κ1) is 33.1. The maximum atomic E-state index is 13.6. The fourth-order valence-electron chi connectivity index (χ4n) is 8.29. The number of hydrogen-bond donors (Lipinski definition) is 1. The van der Waals surface area contributed by atoms with Gasteiger partial charge in [-0.1, -0.05) is 50.3 Å². The maximum Gasteiger partial charge on any atom is 0.335 e. The molecular formula is C36H43NO10. The van der Waals surface area contributed by atoms with Gasteiger partial charge in [-0.15, -0.1) is 0 Å². The molecule has 11 nitrogen and oxygen atoms in total. The number of carbonyl (C=O) groups excluding carboxylic acids is 3. The summed E-state index contributed by atoms with van der Waals surface area (Å²) in [6.45, 7) is 7.28. The highest BCUT2D eigenvalue weighted by molar-refractivity contribution is 5.90. The third-order valence-electron chi connectivity index (χ3n) is 10.6. The van der Waals surface area contributed by atoms with Gasteiger partial charge in [-0.3, -0.25) is 9.59 Å². The molecule has 2 aliphatic heterocycles. The van der Waals surface area contributed by atoms with Crippen molar-refractivity contribution in [1.29, 1.82) is 0 Å². The Morgan fingerprint density at radius 3 is 2.60 bits per heavy atom. The van der Waals surface area contributed by atoms with Crippen LogP contribution in [0.2, 0.25) is 0 Å². The number of methoxy groups -OCH3 is 1. The van der Waals surface area contributed by atoms with Crippen LogP contribution in [0.3, 0.4) is 0 Å². The van der Waals surface area contributed by atoms with E-state index >= 15 is 0 Å². The molecule has 3 aliphatic carbocycles. The predicted molar refractivity (Wildman–Crippen MR) is 169 cm³/mol. The highest BCUT2D eigenvalue weighted by Crippen LogP contribution is 2.61. The molecule has 252 valence electrons. The number of allylic oxidation sites excluding steroid dienone is 3. The normalized spacial score (nSPS) is 39.1. The van der Waals surface area contributed by atoms with Crippen LogP contribution in [0.4, 0.5) is 0 Å². The average molecular weight is 650 g/mol. The number of aliphatic hydroxyl groups is 1. The van der Waals surface area contributed by atoms with Crippen LogP contribution in [-0.4, -0.2) is 76.9 Å². The molecular weight excluding hydrogens is 606 g/mol. The van der Waals surface area contributed by atoms with Crippen molar-refractivity contribution in [2.45, 2.75) is 89.3 Å². The van der Waals surface area contributed by atoms with E-state index in [9.17, 15) is 24.3 Å². The van der Waals surface area contributed by atoms with E-state index in [1.54, 1.807) is 13.0 Å². The zero-order valence-corrected chi connectivity index (χ0v) is 27.3. The van der Waals surface area contributed by atoms with Crippen LogP contribution in [-0.2, 0) is 44.6 Å². The van der Waals surface area contributed by atoms with Gasteiger partial charge in [-0.05, 0) is 32.3 Å². The number of aliphatic hydroxyl groups excluding tert-OH is 1. The smallest absolute Gasteiger partial charge is 0.335 e. The molecule has 1 saturated heterocycles. The molecule has 0 unspecified atom stereocenters. The molecule has 3 heterocycles. The minimum atomic E-state index is -1.01. The summed E-state index contributed by atoms with van der Waals surface area (Å²) >= 11 is 0. The minimum absolute atomic E-state index is 0.125. The van der Waals surface area contributed by atoms with Gasteiger partial charge in [0, 0.05) is 66.8 Å². The van der Waals surface area contributed by atoms with Crippen molar-refractivity contribution >= 4 is 17.9 Å². The van der Waals surface area contributed by atoms with E-state index in [1.165, 1.54) is 36.2 Å². The largest absolute Gasteiger partial charge is 0.457 e. The molecule has 47 heavy (non-hydrogen) atoms. The molecule has 1 saturated carbocycles. The molecule has 0 radical (unpaired) electrons. The van der Waals surface area contributed by atoms with E-state index in [2.05, 4.69) is 0 Å². The lowest BCUT2D eigenvalue weighted by atomic mass is 9.57. The van der Waals surface area contributed by atoms with E-state index in [0.717, 1.165) is 5.57 Å². The lowest BCUT2D eigenvalue weighted by Gasteiger charge is -2.49. The van der Waals surface area contributed by atoms with Gasteiger partial charge in [0.15, 0.2) is 11.5 Å². The van der Waals surface area contributed by atoms with Crippen LogP contribution in [0, 0.1) is 29.6 Å². The van der Waals surface area contributed by atoms with Gasteiger partial charge in [0.05, 0.1) is 6.10 Å². The number of ether oxygens (including phenoxy) is 5. The van der Waals surface area contributed by atoms with Gasteiger partial charge in [0.2, 0.25) is 0 Å². The number of cyclic esters (lactones) is 1. The van der Waals surface area contributed by atoms with Crippen LogP contribution in [0.25, 0.3) is 0 Å². The number of esters is 3. The summed E-state index contributed by atoms with van der Waals surface area (Å²) in [5.41, 5.74) is 0.230. The fraction of sp³-hybridized carbons (Fsp3) is 0.556. The Kier molecular flexibility index (Phi) is 9.17. The summed E-state index contributed by atoms with van der Waals surface area (Å²) in [6.07, 6.45) is 10.5. The number of carbonyl (C=O) groups is 3.